The van der Waals surface area contributed by atoms with Gasteiger partial charge in [0.2, 0.25) is 0 Å². The maximum atomic E-state index is 12.6. The third-order valence-electron chi connectivity index (χ3n) is 3.11. The van der Waals surface area contributed by atoms with Crippen molar-refractivity contribution in [2.45, 2.75) is 13.5 Å². The fraction of sp³-hybridized carbons (Fsp3) is 0.235. The van der Waals surface area contributed by atoms with E-state index in [0.29, 0.717) is 18.7 Å². The summed E-state index contributed by atoms with van der Waals surface area (Å²) in [6.45, 7) is 3.12. The summed E-state index contributed by atoms with van der Waals surface area (Å²) < 4.78 is 5.11. The van der Waals surface area contributed by atoms with Crippen LogP contribution in [0.3, 0.4) is 0 Å². The second-order valence-corrected chi connectivity index (χ2v) is 4.52. The predicted molar refractivity (Wildman–Crippen MR) is 80.9 cm³/mol. The standard InChI is InChI=1S/C17H19NO2/c1-3-18(16-10-5-4-6-11-16)17(19)15-9-7-8-14(12-15)13-20-2/h4-12H,3,13H2,1-2H3. The molecule has 3 nitrogen and oxygen atoms in total. The Labute approximate surface area is 119 Å². The van der Waals surface area contributed by atoms with Crippen LogP contribution in [0.1, 0.15) is 22.8 Å². The highest BCUT2D eigenvalue weighted by atomic mass is 16.5. The summed E-state index contributed by atoms with van der Waals surface area (Å²) in [5.41, 5.74) is 2.60. The molecule has 0 aliphatic carbocycles. The molecule has 20 heavy (non-hydrogen) atoms. The second kappa shape index (κ2) is 6.87. The lowest BCUT2D eigenvalue weighted by atomic mass is 10.1. The molecular weight excluding hydrogens is 250 g/mol. The molecular formula is C17H19NO2. The first-order chi connectivity index (χ1) is 9.76. The van der Waals surface area contributed by atoms with Gasteiger partial charge in [0.15, 0.2) is 0 Å². The third-order valence-corrected chi connectivity index (χ3v) is 3.11. The summed E-state index contributed by atoms with van der Waals surface area (Å²) >= 11 is 0. The highest BCUT2D eigenvalue weighted by Gasteiger charge is 2.15. The van der Waals surface area contributed by atoms with E-state index in [-0.39, 0.29) is 5.91 Å². The lowest BCUT2D eigenvalue weighted by molar-refractivity contribution is 0.0988. The van der Waals surface area contributed by atoms with Crippen molar-refractivity contribution in [3.05, 3.63) is 65.7 Å². The van der Waals surface area contributed by atoms with E-state index in [4.69, 9.17) is 4.74 Å². The van der Waals surface area contributed by atoms with Gasteiger partial charge in [-0.15, -0.1) is 0 Å². The zero-order chi connectivity index (χ0) is 14.4. The molecule has 0 heterocycles. The SMILES string of the molecule is CCN(C(=O)c1cccc(COC)c1)c1ccccc1. The molecule has 2 rings (SSSR count). The van der Waals surface area contributed by atoms with Gasteiger partial charge >= 0.3 is 0 Å². The summed E-state index contributed by atoms with van der Waals surface area (Å²) in [6, 6.07) is 17.3. The van der Waals surface area contributed by atoms with Crippen molar-refractivity contribution in [3.63, 3.8) is 0 Å². The fourth-order valence-corrected chi connectivity index (χ4v) is 2.17. The zero-order valence-corrected chi connectivity index (χ0v) is 11.9. The Morgan fingerprint density at radius 3 is 2.50 bits per heavy atom. The minimum atomic E-state index is 0.0108. The molecule has 0 unspecified atom stereocenters. The Balaban J connectivity index is 2.27. The smallest absolute Gasteiger partial charge is 0.258 e. The van der Waals surface area contributed by atoms with E-state index in [9.17, 15) is 4.79 Å². The maximum Gasteiger partial charge on any atom is 0.258 e. The minimum absolute atomic E-state index is 0.0108. The Hall–Kier alpha value is -2.13. The molecule has 0 saturated heterocycles. The lowest BCUT2D eigenvalue weighted by Gasteiger charge is -2.21. The van der Waals surface area contributed by atoms with Crippen LogP contribution in [0.4, 0.5) is 5.69 Å². The summed E-state index contributed by atoms with van der Waals surface area (Å²) in [6.07, 6.45) is 0. The Morgan fingerprint density at radius 2 is 1.85 bits per heavy atom. The van der Waals surface area contributed by atoms with Gasteiger partial charge in [0.1, 0.15) is 0 Å². The number of carbonyl (C=O) groups excluding carboxylic acids is 1. The van der Waals surface area contributed by atoms with Crippen LogP contribution in [0.15, 0.2) is 54.6 Å². The average molecular weight is 269 g/mol. The molecule has 0 atom stereocenters. The number of carbonyl (C=O) groups is 1. The van der Waals surface area contributed by atoms with Crippen LogP contribution in [-0.4, -0.2) is 19.6 Å². The van der Waals surface area contributed by atoms with Gasteiger partial charge in [0, 0.05) is 24.9 Å². The van der Waals surface area contributed by atoms with Crippen LogP contribution in [-0.2, 0) is 11.3 Å². The van der Waals surface area contributed by atoms with E-state index in [1.807, 2.05) is 61.5 Å². The van der Waals surface area contributed by atoms with Gasteiger partial charge in [-0.25, -0.2) is 0 Å². The molecule has 3 heteroatoms. The number of amides is 1. The summed E-state index contributed by atoms with van der Waals surface area (Å²) in [5.74, 6) is 0.0108. The van der Waals surface area contributed by atoms with E-state index >= 15 is 0 Å². The number of anilines is 1. The number of methoxy groups -OCH3 is 1. The molecule has 0 aliphatic rings. The molecule has 104 valence electrons. The van der Waals surface area contributed by atoms with E-state index in [2.05, 4.69) is 0 Å². The van der Waals surface area contributed by atoms with Crippen LogP contribution in [0.25, 0.3) is 0 Å². The number of para-hydroxylation sites is 1. The largest absolute Gasteiger partial charge is 0.380 e. The maximum absolute atomic E-state index is 12.6. The third kappa shape index (κ3) is 3.25. The van der Waals surface area contributed by atoms with Gasteiger partial charge in [-0.3, -0.25) is 4.79 Å². The van der Waals surface area contributed by atoms with Crippen molar-refractivity contribution in [2.75, 3.05) is 18.6 Å². The normalized spacial score (nSPS) is 10.3. The summed E-state index contributed by atoms with van der Waals surface area (Å²) in [7, 11) is 1.65. The lowest BCUT2D eigenvalue weighted by Crippen LogP contribution is -2.30. The summed E-state index contributed by atoms with van der Waals surface area (Å²) in [5, 5.41) is 0. The van der Waals surface area contributed by atoms with E-state index in [0.717, 1.165) is 11.3 Å². The Morgan fingerprint density at radius 1 is 1.10 bits per heavy atom. The highest BCUT2D eigenvalue weighted by Crippen LogP contribution is 2.17. The van der Waals surface area contributed by atoms with Crippen molar-refractivity contribution in [2.24, 2.45) is 0 Å². The fourth-order valence-electron chi connectivity index (χ4n) is 2.17. The molecule has 0 bridgehead atoms. The molecule has 0 saturated carbocycles. The number of ether oxygens (including phenoxy) is 1. The Kier molecular flexibility index (Phi) is 4.91. The first-order valence-corrected chi connectivity index (χ1v) is 6.71. The number of hydrogen-bond acceptors (Lipinski definition) is 2. The van der Waals surface area contributed by atoms with Crippen LogP contribution in [0, 0.1) is 0 Å². The van der Waals surface area contributed by atoms with Gasteiger partial charge in [-0.1, -0.05) is 30.3 Å². The molecule has 0 aliphatic heterocycles. The topological polar surface area (TPSA) is 29.5 Å². The van der Waals surface area contributed by atoms with Crippen molar-refractivity contribution < 1.29 is 9.53 Å². The first-order valence-electron chi connectivity index (χ1n) is 6.71. The van der Waals surface area contributed by atoms with Crippen molar-refractivity contribution in [1.29, 1.82) is 0 Å². The monoisotopic (exact) mass is 269 g/mol. The van der Waals surface area contributed by atoms with Crippen molar-refractivity contribution in [3.8, 4) is 0 Å². The number of rotatable bonds is 5. The van der Waals surface area contributed by atoms with E-state index in [1.54, 1.807) is 12.0 Å². The van der Waals surface area contributed by atoms with Gasteiger partial charge in [0.05, 0.1) is 6.61 Å². The van der Waals surface area contributed by atoms with E-state index in [1.165, 1.54) is 0 Å². The number of benzene rings is 2. The van der Waals surface area contributed by atoms with E-state index < -0.39 is 0 Å². The highest BCUT2D eigenvalue weighted by molar-refractivity contribution is 6.06. The van der Waals surface area contributed by atoms with Crippen LogP contribution < -0.4 is 4.90 Å². The molecule has 2 aromatic rings. The second-order valence-electron chi connectivity index (χ2n) is 4.52. The van der Waals surface area contributed by atoms with Crippen molar-refractivity contribution >= 4 is 11.6 Å². The molecule has 0 radical (unpaired) electrons. The van der Waals surface area contributed by atoms with Gasteiger partial charge in [-0.2, -0.15) is 0 Å². The van der Waals surface area contributed by atoms with Crippen LogP contribution in [0.2, 0.25) is 0 Å². The van der Waals surface area contributed by atoms with Gasteiger partial charge in [0.25, 0.3) is 5.91 Å². The molecule has 0 aromatic heterocycles. The van der Waals surface area contributed by atoms with Gasteiger partial charge < -0.3 is 9.64 Å². The molecule has 2 aromatic carbocycles. The average Bonchev–Trinajstić information content (AvgIpc) is 2.50. The quantitative estimate of drug-likeness (QED) is 0.831. The predicted octanol–water partition coefficient (Wildman–Crippen LogP) is 3.50. The van der Waals surface area contributed by atoms with Gasteiger partial charge in [-0.05, 0) is 36.8 Å². The molecule has 0 fully saturated rings. The van der Waals surface area contributed by atoms with Crippen molar-refractivity contribution in [1.82, 2.24) is 0 Å². The molecule has 0 N–H and O–H groups in total. The summed E-state index contributed by atoms with van der Waals surface area (Å²) in [4.78, 5) is 14.4. The Bertz CT molecular complexity index is 566. The first kappa shape index (κ1) is 14.3. The molecule has 0 spiro atoms. The molecule has 1 amide bonds. The van der Waals surface area contributed by atoms with Crippen LogP contribution >= 0.6 is 0 Å². The minimum Gasteiger partial charge on any atom is -0.380 e. The zero-order valence-electron chi connectivity index (χ0n) is 11.9. The van der Waals surface area contributed by atoms with Crippen LogP contribution in [0.5, 0.6) is 0 Å². The number of nitrogens with zero attached hydrogens (tertiary/aromatic N) is 1. The number of hydrogen-bond donors (Lipinski definition) is 0.